The molecule has 0 radical (unpaired) electrons. The zero-order valence-electron chi connectivity index (χ0n) is 27.9. The maximum atomic E-state index is 14.7. The van der Waals surface area contributed by atoms with Crippen LogP contribution in [0.15, 0.2) is 102 Å². The second-order valence-corrected chi connectivity index (χ2v) is 14.7. The second-order valence-electron chi connectivity index (χ2n) is 12.9. The number of amides is 2. The van der Waals surface area contributed by atoms with Crippen LogP contribution in [0.5, 0.6) is 0 Å². The largest absolute Gasteiger partial charge is 0.352 e. The summed E-state index contributed by atoms with van der Waals surface area (Å²) in [6.45, 7) is 5.07. The minimum absolute atomic E-state index is 0.000907. The molecule has 0 aromatic heterocycles. The molecule has 252 valence electrons. The minimum atomic E-state index is -4.20. The lowest BCUT2D eigenvalue weighted by Gasteiger charge is -2.35. The molecule has 2 amide bonds. The van der Waals surface area contributed by atoms with Crippen molar-refractivity contribution < 1.29 is 22.4 Å². The molecule has 0 aliphatic heterocycles. The normalized spacial score (nSPS) is 14.2. The Morgan fingerprint density at radius 2 is 1.42 bits per heavy atom. The van der Waals surface area contributed by atoms with Crippen molar-refractivity contribution in [2.75, 3.05) is 10.8 Å². The van der Waals surface area contributed by atoms with Gasteiger partial charge in [0.2, 0.25) is 11.8 Å². The lowest BCUT2D eigenvalue weighted by molar-refractivity contribution is -0.140. The highest BCUT2D eigenvalue weighted by molar-refractivity contribution is 7.92. The number of carbonyl (C=O) groups excluding carboxylic acids is 2. The Balaban J connectivity index is 1.58. The zero-order chi connectivity index (χ0) is 34.3. The van der Waals surface area contributed by atoms with Gasteiger partial charge in [0.05, 0.1) is 10.6 Å². The third-order valence-corrected chi connectivity index (χ3v) is 10.7. The van der Waals surface area contributed by atoms with Gasteiger partial charge in [-0.15, -0.1) is 0 Å². The van der Waals surface area contributed by atoms with E-state index in [0.717, 1.165) is 58.7 Å². The molecule has 0 saturated heterocycles. The van der Waals surface area contributed by atoms with Gasteiger partial charge >= 0.3 is 0 Å². The first-order valence-corrected chi connectivity index (χ1v) is 18.0. The Kier molecular flexibility index (Phi) is 11.3. The number of hydrogen-bond acceptors (Lipinski definition) is 4. The molecule has 0 spiro atoms. The van der Waals surface area contributed by atoms with E-state index in [-0.39, 0.29) is 29.8 Å². The Bertz CT molecular complexity index is 1790. The molecular formula is C39H44FN3O4S. The maximum absolute atomic E-state index is 14.7. The van der Waals surface area contributed by atoms with Crippen molar-refractivity contribution in [3.63, 3.8) is 0 Å². The van der Waals surface area contributed by atoms with Crippen LogP contribution in [0.2, 0.25) is 0 Å². The predicted molar refractivity (Wildman–Crippen MR) is 188 cm³/mol. The van der Waals surface area contributed by atoms with Crippen LogP contribution in [0.3, 0.4) is 0 Å². The Morgan fingerprint density at radius 3 is 2.04 bits per heavy atom. The highest BCUT2D eigenvalue weighted by Crippen LogP contribution is 2.28. The summed E-state index contributed by atoms with van der Waals surface area (Å²) >= 11 is 0. The second kappa shape index (κ2) is 15.6. The summed E-state index contributed by atoms with van der Waals surface area (Å²) in [5.41, 5.74) is 4.43. The number of anilines is 1. The molecule has 0 unspecified atom stereocenters. The van der Waals surface area contributed by atoms with Crippen molar-refractivity contribution in [1.29, 1.82) is 0 Å². The van der Waals surface area contributed by atoms with E-state index in [4.69, 9.17) is 0 Å². The minimum Gasteiger partial charge on any atom is -0.352 e. The van der Waals surface area contributed by atoms with E-state index in [1.807, 2.05) is 57.2 Å². The standard InChI is InChI=1S/C39H44FN3O4S/c1-28-14-20-36(21-15-28)48(46,47)43(35-23-29(2)22-30(3)24-35)27-38(44)42(26-32-16-18-33(40)19-17-32)37(25-31-10-6-4-7-11-31)39(45)41-34-12-8-5-9-13-34/h4,6-7,10-11,14-24,34,37H,5,8-9,12-13,25-27H2,1-3H3,(H,41,45)/t37-/m0/s1. The lowest BCUT2D eigenvalue weighted by atomic mass is 9.94. The molecule has 5 rings (SSSR count). The van der Waals surface area contributed by atoms with E-state index in [1.54, 1.807) is 36.4 Å². The summed E-state index contributed by atoms with van der Waals surface area (Å²) < 4.78 is 43.7. The quantitative estimate of drug-likeness (QED) is 0.176. The van der Waals surface area contributed by atoms with Gasteiger partial charge in [-0.2, -0.15) is 0 Å². The number of halogens is 1. The predicted octanol–water partition coefficient (Wildman–Crippen LogP) is 7.04. The lowest BCUT2D eigenvalue weighted by Crippen LogP contribution is -2.55. The van der Waals surface area contributed by atoms with Gasteiger partial charge in [-0.3, -0.25) is 13.9 Å². The van der Waals surface area contributed by atoms with Gasteiger partial charge < -0.3 is 10.2 Å². The summed E-state index contributed by atoms with van der Waals surface area (Å²) in [6.07, 6.45) is 5.12. The average molecular weight is 670 g/mol. The molecule has 48 heavy (non-hydrogen) atoms. The highest BCUT2D eigenvalue weighted by atomic mass is 32.2. The van der Waals surface area contributed by atoms with E-state index >= 15 is 0 Å². The van der Waals surface area contributed by atoms with E-state index in [2.05, 4.69) is 5.32 Å². The Labute approximate surface area is 283 Å². The van der Waals surface area contributed by atoms with Crippen molar-refractivity contribution >= 4 is 27.5 Å². The summed E-state index contributed by atoms with van der Waals surface area (Å²) in [5.74, 6) is -1.26. The van der Waals surface area contributed by atoms with Crippen molar-refractivity contribution in [3.8, 4) is 0 Å². The van der Waals surface area contributed by atoms with E-state index in [0.29, 0.717) is 11.3 Å². The summed E-state index contributed by atoms with van der Waals surface area (Å²) in [4.78, 5) is 30.4. The summed E-state index contributed by atoms with van der Waals surface area (Å²) in [7, 11) is -4.20. The van der Waals surface area contributed by atoms with Crippen molar-refractivity contribution in [1.82, 2.24) is 10.2 Å². The van der Waals surface area contributed by atoms with Gasteiger partial charge in [-0.1, -0.05) is 85.5 Å². The van der Waals surface area contributed by atoms with Gasteiger partial charge in [-0.05, 0) is 92.3 Å². The number of nitrogens with one attached hydrogen (secondary N) is 1. The number of aryl methyl sites for hydroxylation is 3. The number of benzene rings is 4. The van der Waals surface area contributed by atoms with Gasteiger partial charge in [0, 0.05) is 19.0 Å². The van der Waals surface area contributed by atoms with Crippen LogP contribution in [0.25, 0.3) is 0 Å². The van der Waals surface area contributed by atoms with Crippen LogP contribution in [0.4, 0.5) is 10.1 Å². The maximum Gasteiger partial charge on any atom is 0.264 e. The number of hydrogen-bond donors (Lipinski definition) is 1. The van der Waals surface area contributed by atoms with E-state index in [1.165, 1.54) is 29.2 Å². The molecule has 1 fully saturated rings. The van der Waals surface area contributed by atoms with Crippen LogP contribution < -0.4 is 9.62 Å². The molecule has 1 aliphatic rings. The average Bonchev–Trinajstić information content (AvgIpc) is 3.06. The summed E-state index contributed by atoms with van der Waals surface area (Å²) in [5, 5.41) is 3.21. The molecular weight excluding hydrogens is 626 g/mol. The molecule has 1 aliphatic carbocycles. The molecule has 0 bridgehead atoms. The van der Waals surface area contributed by atoms with Crippen molar-refractivity contribution in [3.05, 3.63) is 131 Å². The molecule has 1 N–H and O–H groups in total. The number of carbonyl (C=O) groups is 2. The third kappa shape index (κ3) is 8.89. The summed E-state index contributed by atoms with van der Waals surface area (Å²) in [6, 6.07) is 26.3. The molecule has 4 aromatic rings. The number of rotatable bonds is 12. The monoisotopic (exact) mass is 669 g/mol. The molecule has 7 nitrogen and oxygen atoms in total. The smallest absolute Gasteiger partial charge is 0.264 e. The van der Waals surface area contributed by atoms with Gasteiger partial charge in [-0.25, -0.2) is 12.8 Å². The van der Waals surface area contributed by atoms with Crippen LogP contribution in [-0.4, -0.2) is 43.8 Å². The van der Waals surface area contributed by atoms with Crippen LogP contribution in [0, 0.1) is 26.6 Å². The van der Waals surface area contributed by atoms with Crippen molar-refractivity contribution in [2.24, 2.45) is 0 Å². The number of sulfonamides is 1. The van der Waals surface area contributed by atoms with E-state index < -0.39 is 34.3 Å². The van der Waals surface area contributed by atoms with Crippen molar-refractivity contribution in [2.45, 2.75) is 82.8 Å². The molecule has 4 aromatic carbocycles. The topological polar surface area (TPSA) is 86.8 Å². The fourth-order valence-corrected chi connectivity index (χ4v) is 7.74. The molecule has 1 atom stereocenters. The Morgan fingerprint density at radius 1 is 0.792 bits per heavy atom. The van der Waals surface area contributed by atoms with Crippen LogP contribution in [0.1, 0.15) is 59.9 Å². The first kappa shape index (κ1) is 34.8. The zero-order valence-corrected chi connectivity index (χ0v) is 28.7. The first-order chi connectivity index (χ1) is 23.0. The van der Waals surface area contributed by atoms with Gasteiger partial charge in [0.25, 0.3) is 10.0 Å². The fraction of sp³-hybridized carbons (Fsp3) is 0.333. The first-order valence-electron chi connectivity index (χ1n) is 16.6. The SMILES string of the molecule is Cc1ccc(S(=O)(=O)N(CC(=O)N(Cc2ccc(F)cc2)[C@@H](Cc2ccccc2)C(=O)NC2CCCCC2)c2cc(C)cc(C)c2)cc1. The highest BCUT2D eigenvalue weighted by Gasteiger charge is 2.35. The number of nitrogens with zero attached hydrogens (tertiary/aromatic N) is 2. The van der Waals surface area contributed by atoms with E-state index in [9.17, 15) is 22.4 Å². The van der Waals surface area contributed by atoms with Gasteiger partial charge in [0.1, 0.15) is 18.4 Å². The van der Waals surface area contributed by atoms with Crippen LogP contribution in [-0.2, 0) is 32.6 Å². The van der Waals surface area contributed by atoms with Gasteiger partial charge in [0.15, 0.2) is 0 Å². The third-order valence-electron chi connectivity index (χ3n) is 8.87. The fourth-order valence-electron chi connectivity index (χ4n) is 6.35. The molecule has 9 heteroatoms. The Hall–Kier alpha value is -4.50. The molecule has 0 heterocycles. The molecule has 1 saturated carbocycles. The van der Waals surface area contributed by atoms with Crippen LogP contribution >= 0.6 is 0 Å².